The minimum Gasteiger partial charge on any atom is -0.349 e. The summed E-state index contributed by atoms with van der Waals surface area (Å²) in [5.41, 5.74) is 7.14. The van der Waals surface area contributed by atoms with Crippen molar-refractivity contribution in [3.8, 4) is 0 Å². The Labute approximate surface area is 101 Å². The summed E-state index contributed by atoms with van der Waals surface area (Å²) in [7, 11) is 3.42. The predicted molar refractivity (Wildman–Crippen MR) is 66.1 cm³/mol. The Bertz CT molecular complexity index is 404. The highest BCUT2D eigenvalue weighted by Crippen LogP contribution is 2.14. The molecule has 0 heterocycles. The fourth-order valence-electron chi connectivity index (χ4n) is 1.75. The van der Waals surface area contributed by atoms with E-state index in [1.54, 1.807) is 33.2 Å². The minimum absolute atomic E-state index is 0.00878. The van der Waals surface area contributed by atoms with Crippen LogP contribution in [0, 0.1) is 18.7 Å². The van der Waals surface area contributed by atoms with E-state index in [2.05, 4.69) is 0 Å². The van der Waals surface area contributed by atoms with Crippen molar-refractivity contribution in [1.82, 2.24) is 4.90 Å². The number of rotatable bonds is 4. The van der Waals surface area contributed by atoms with Crippen LogP contribution in [0.25, 0.3) is 0 Å². The Morgan fingerprint density at radius 1 is 1.47 bits per heavy atom. The molecule has 0 bridgehead atoms. The third kappa shape index (κ3) is 3.53. The van der Waals surface area contributed by atoms with Crippen LogP contribution in [0.1, 0.15) is 11.1 Å². The van der Waals surface area contributed by atoms with Gasteiger partial charge in [-0.15, -0.1) is 0 Å². The van der Waals surface area contributed by atoms with E-state index in [1.165, 1.54) is 11.0 Å². The lowest BCUT2D eigenvalue weighted by molar-refractivity contribution is -0.132. The van der Waals surface area contributed by atoms with Crippen LogP contribution < -0.4 is 5.73 Å². The molecule has 0 fully saturated rings. The third-order valence-electron chi connectivity index (χ3n) is 2.78. The van der Waals surface area contributed by atoms with E-state index in [0.717, 1.165) is 5.56 Å². The van der Waals surface area contributed by atoms with Crippen LogP contribution in [0.4, 0.5) is 4.39 Å². The topological polar surface area (TPSA) is 46.3 Å². The lowest BCUT2D eigenvalue weighted by Gasteiger charge is -2.19. The molecule has 0 saturated heterocycles. The molecule has 1 aromatic rings. The van der Waals surface area contributed by atoms with Crippen LogP contribution in [0.3, 0.4) is 0 Å². The largest absolute Gasteiger partial charge is 0.349 e. The number of aryl methyl sites for hydroxylation is 1. The maximum Gasteiger partial charge on any atom is 0.226 e. The summed E-state index contributed by atoms with van der Waals surface area (Å²) in [5.74, 6) is -0.457. The van der Waals surface area contributed by atoms with Gasteiger partial charge in [-0.3, -0.25) is 4.79 Å². The molecule has 1 unspecified atom stereocenters. The zero-order chi connectivity index (χ0) is 13.0. The van der Waals surface area contributed by atoms with Crippen LogP contribution in [0.5, 0.6) is 0 Å². The maximum atomic E-state index is 13.1. The molecule has 1 aromatic carbocycles. The van der Waals surface area contributed by atoms with E-state index in [-0.39, 0.29) is 17.6 Å². The first-order valence-electron chi connectivity index (χ1n) is 5.62. The number of nitrogens with two attached hydrogens (primary N) is 1. The number of hydrogen-bond donors (Lipinski definition) is 1. The van der Waals surface area contributed by atoms with E-state index in [9.17, 15) is 9.18 Å². The van der Waals surface area contributed by atoms with E-state index in [0.29, 0.717) is 18.5 Å². The first kappa shape index (κ1) is 13.6. The van der Waals surface area contributed by atoms with Gasteiger partial charge in [-0.05, 0) is 30.5 Å². The van der Waals surface area contributed by atoms with Gasteiger partial charge in [-0.2, -0.15) is 0 Å². The lowest BCUT2D eigenvalue weighted by atomic mass is 9.97. The van der Waals surface area contributed by atoms with Crippen molar-refractivity contribution in [3.05, 3.63) is 35.1 Å². The van der Waals surface area contributed by atoms with Gasteiger partial charge in [0, 0.05) is 20.6 Å². The summed E-state index contributed by atoms with van der Waals surface area (Å²) in [6, 6.07) is 4.90. The summed E-state index contributed by atoms with van der Waals surface area (Å²) in [6.45, 7) is 2.01. The van der Waals surface area contributed by atoms with Gasteiger partial charge in [-0.1, -0.05) is 12.1 Å². The molecule has 0 radical (unpaired) electrons. The average molecular weight is 238 g/mol. The van der Waals surface area contributed by atoms with Crippen molar-refractivity contribution < 1.29 is 9.18 Å². The minimum atomic E-state index is -0.241. The normalized spacial score (nSPS) is 12.3. The van der Waals surface area contributed by atoms with Crippen molar-refractivity contribution in [1.29, 1.82) is 0 Å². The molecule has 17 heavy (non-hydrogen) atoms. The first-order valence-corrected chi connectivity index (χ1v) is 5.62. The molecule has 0 spiro atoms. The lowest BCUT2D eigenvalue weighted by Crippen LogP contribution is -2.35. The highest BCUT2D eigenvalue weighted by atomic mass is 19.1. The number of halogens is 1. The first-order chi connectivity index (χ1) is 7.95. The monoisotopic (exact) mass is 238 g/mol. The summed E-state index contributed by atoms with van der Waals surface area (Å²) >= 11 is 0. The Kier molecular flexibility index (Phi) is 4.63. The van der Waals surface area contributed by atoms with Gasteiger partial charge in [0.1, 0.15) is 5.82 Å². The van der Waals surface area contributed by atoms with Gasteiger partial charge >= 0.3 is 0 Å². The standard InChI is InChI=1S/C13H19FN2O/c1-9-6-10(4-5-12(9)14)7-11(8-15)13(17)16(2)3/h4-6,11H,7-8,15H2,1-3H3. The highest BCUT2D eigenvalue weighted by Gasteiger charge is 2.19. The van der Waals surface area contributed by atoms with Gasteiger partial charge in [0.25, 0.3) is 0 Å². The number of carbonyl (C=O) groups excluding carboxylic acids is 1. The second kappa shape index (κ2) is 5.77. The number of carbonyl (C=O) groups is 1. The highest BCUT2D eigenvalue weighted by molar-refractivity contribution is 5.78. The zero-order valence-electron chi connectivity index (χ0n) is 10.5. The van der Waals surface area contributed by atoms with Crippen LogP contribution in [-0.2, 0) is 11.2 Å². The molecule has 0 aromatic heterocycles. The molecule has 2 N–H and O–H groups in total. The molecule has 4 heteroatoms. The molecule has 1 rings (SSSR count). The summed E-state index contributed by atoms with van der Waals surface area (Å²) in [6.07, 6.45) is 0.550. The van der Waals surface area contributed by atoms with Crippen LogP contribution in [0.15, 0.2) is 18.2 Å². The van der Waals surface area contributed by atoms with Crippen molar-refractivity contribution in [2.24, 2.45) is 11.7 Å². The third-order valence-corrected chi connectivity index (χ3v) is 2.78. The summed E-state index contributed by atoms with van der Waals surface area (Å²) < 4.78 is 13.1. The second-order valence-corrected chi connectivity index (χ2v) is 4.45. The van der Waals surface area contributed by atoms with Crippen molar-refractivity contribution >= 4 is 5.91 Å². The van der Waals surface area contributed by atoms with E-state index >= 15 is 0 Å². The second-order valence-electron chi connectivity index (χ2n) is 4.45. The summed E-state index contributed by atoms with van der Waals surface area (Å²) in [5, 5.41) is 0. The average Bonchev–Trinajstić information content (AvgIpc) is 2.29. The van der Waals surface area contributed by atoms with Gasteiger partial charge in [0.05, 0.1) is 5.92 Å². The molecule has 94 valence electrons. The smallest absolute Gasteiger partial charge is 0.226 e. The van der Waals surface area contributed by atoms with E-state index in [4.69, 9.17) is 5.73 Å². The van der Waals surface area contributed by atoms with Crippen LogP contribution in [0.2, 0.25) is 0 Å². The molecule has 3 nitrogen and oxygen atoms in total. The molecule has 1 atom stereocenters. The Balaban J connectivity index is 2.80. The van der Waals surface area contributed by atoms with Gasteiger partial charge < -0.3 is 10.6 Å². The van der Waals surface area contributed by atoms with E-state index < -0.39 is 0 Å². The Hall–Kier alpha value is -1.42. The summed E-state index contributed by atoms with van der Waals surface area (Å²) in [4.78, 5) is 13.3. The predicted octanol–water partition coefficient (Wildman–Crippen LogP) is 1.34. The molecule has 1 amide bonds. The fourth-order valence-corrected chi connectivity index (χ4v) is 1.75. The number of amides is 1. The molecular weight excluding hydrogens is 219 g/mol. The molecule has 0 aliphatic rings. The number of benzene rings is 1. The quantitative estimate of drug-likeness (QED) is 0.860. The fraction of sp³-hybridized carbons (Fsp3) is 0.462. The van der Waals surface area contributed by atoms with Gasteiger partial charge in [0.2, 0.25) is 5.91 Å². The van der Waals surface area contributed by atoms with Crippen LogP contribution >= 0.6 is 0 Å². The van der Waals surface area contributed by atoms with Crippen LogP contribution in [-0.4, -0.2) is 31.4 Å². The van der Waals surface area contributed by atoms with Gasteiger partial charge in [0.15, 0.2) is 0 Å². The Morgan fingerprint density at radius 3 is 2.59 bits per heavy atom. The maximum absolute atomic E-state index is 13.1. The Morgan fingerprint density at radius 2 is 2.12 bits per heavy atom. The van der Waals surface area contributed by atoms with Crippen molar-refractivity contribution in [2.45, 2.75) is 13.3 Å². The van der Waals surface area contributed by atoms with Crippen molar-refractivity contribution in [3.63, 3.8) is 0 Å². The molecule has 0 saturated carbocycles. The zero-order valence-corrected chi connectivity index (χ0v) is 10.5. The SMILES string of the molecule is Cc1cc(CC(CN)C(=O)N(C)C)ccc1F. The van der Waals surface area contributed by atoms with Crippen molar-refractivity contribution in [2.75, 3.05) is 20.6 Å². The molecular formula is C13H19FN2O. The molecule has 0 aliphatic heterocycles. The number of nitrogens with zero attached hydrogens (tertiary/aromatic N) is 1. The van der Waals surface area contributed by atoms with E-state index in [1.807, 2.05) is 0 Å². The number of hydrogen-bond acceptors (Lipinski definition) is 2. The van der Waals surface area contributed by atoms with Gasteiger partial charge in [-0.25, -0.2) is 4.39 Å². The molecule has 0 aliphatic carbocycles.